The zero-order chi connectivity index (χ0) is 19.2. The summed E-state index contributed by atoms with van der Waals surface area (Å²) in [6.45, 7) is 4.59. The summed E-state index contributed by atoms with van der Waals surface area (Å²) in [6, 6.07) is 6.24. The summed E-state index contributed by atoms with van der Waals surface area (Å²) in [5.74, 6) is -0.296. The van der Waals surface area contributed by atoms with Gasteiger partial charge < -0.3 is 14.8 Å². The Hall–Kier alpha value is -1.48. The maximum Gasteiger partial charge on any atom is 0.250 e. The average Bonchev–Trinajstić information content (AvgIpc) is 2.59. The molecule has 8 heteroatoms. The third-order valence-corrected chi connectivity index (χ3v) is 6.63. The summed E-state index contributed by atoms with van der Waals surface area (Å²) in [7, 11) is -1.98. The molecular weight excluding hydrogens is 356 g/mol. The van der Waals surface area contributed by atoms with Crippen LogP contribution in [0.25, 0.3) is 0 Å². The highest BCUT2D eigenvalue weighted by atomic mass is 32.2. The number of nitrogens with zero attached hydrogens (tertiary/aromatic N) is 1. The molecule has 1 aliphatic heterocycles. The van der Waals surface area contributed by atoms with Gasteiger partial charge in [0.1, 0.15) is 6.61 Å². The molecule has 0 spiro atoms. The Morgan fingerprint density at radius 3 is 2.35 bits per heavy atom. The standard InChI is InChI=1S/C18H28N2O5S/c1-14-5-4-6-15(2)20(14)26(22,23)17-9-7-16(8-10-17)19-18(21)13-25-12-11-24-3/h7-10,14-15H,4-6,11-13H2,1-3H3,(H,19,21). The quantitative estimate of drug-likeness (QED) is 0.695. The van der Waals surface area contributed by atoms with Crippen LogP contribution in [0, 0.1) is 0 Å². The third-order valence-electron chi connectivity index (χ3n) is 4.49. The van der Waals surface area contributed by atoms with Crippen molar-refractivity contribution in [3.63, 3.8) is 0 Å². The van der Waals surface area contributed by atoms with Crippen LogP contribution in [0.2, 0.25) is 0 Å². The molecule has 1 saturated heterocycles. The lowest BCUT2D eigenvalue weighted by molar-refractivity contribution is -0.121. The third kappa shape index (κ3) is 5.26. The monoisotopic (exact) mass is 384 g/mol. The van der Waals surface area contributed by atoms with E-state index < -0.39 is 10.0 Å². The van der Waals surface area contributed by atoms with Crippen molar-refractivity contribution in [1.29, 1.82) is 0 Å². The molecule has 0 saturated carbocycles. The van der Waals surface area contributed by atoms with Crippen molar-refractivity contribution in [2.24, 2.45) is 0 Å². The van der Waals surface area contributed by atoms with Crippen LogP contribution < -0.4 is 5.32 Å². The van der Waals surface area contributed by atoms with Gasteiger partial charge in [-0.15, -0.1) is 0 Å². The van der Waals surface area contributed by atoms with Crippen molar-refractivity contribution in [1.82, 2.24) is 4.31 Å². The molecule has 1 amide bonds. The minimum Gasteiger partial charge on any atom is -0.382 e. The second kappa shape index (κ2) is 9.45. The lowest BCUT2D eigenvalue weighted by atomic mass is 10.0. The van der Waals surface area contributed by atoms with Crippen molar-refractivity contribution < 1.29 is 22.7 Å². The lowest BCUT2D eigenvalue weighted by Gasteiger charge is -2.37. The van der Waals surface area contributed by atoms with Crippen LogP contribution in [0.5, 0.6) is 0 Å². The van der Waals surface area contributed by atoms with Crippen molar-refractivity contribution in [2.75, 3.05) is 32.2 Å². The normalized spacial score (nSPS) is 21.5. The fourth-order valence-electron chi connectivity index (χ4n) is 3.21. The number of rotatable bonds is 8. The highest BCUT2D eigenvalue weighted by molar-refractivity contribution is 7.89. The van der Waals surface area contributed by atoms with E-state index in [9.17, 15) is 13.2 Å². The van der Waals surface area contributed by atoms with Crippen LogP contribution >= 0.6 is 0 Å². The first-order chi connectivity index (χ1) is 12.4. The van der Waals surface area contributed by atoms with Crippen LogP contribution in [0.3, 0.4) is 0 Å². The van der Waals surface area contributed by atoms with Crippen molar-refractivity contribution >= 4 is 21.6 Å². The number of piperidine rings is 1. The molecule has 26 heavy (non-hydrogen) atoms. The number of benzene rings is 1. The van der Waals surface area contributed by atoms with Crippen molar-refractivity contribution in [2.45, 2.75) is 50.1 Å². The number of hydrogen-bond donors (Lipinski definition) is 1. The minimum absolute atomic E-state index is 0.00706. The Labute approximate surface area is 155 Å². The Morgan fingerprint density at radius 1 is 1.15 bits per heavy atom. The van der Waals surface area contributed by atoms with Gasteiger partial charge >= 0.3 is 0 Å². The summed E-state index contributed by atoms with van der Waals surface area (Å²) in [5, 5.41) is 2.68. The number of anilines is 1. The second-order valence-electron chi connectivity index (χ2n) is 6.58. The molecule has 146 valence electrons. The fourth-order valence-corrected chi connectivity index (χ4v) is 5.09. The fraction of sp³-hybridized carbons (Fsp3) is 0.611. The Morgan fingerprint density at radius 2 is 1.77 bits per heavy atom. The van der Waals surface area contributed by atoms with Crippen LogP contribution in [-0.2, 0) is 24.3 Å². The van der Waals surface area contributed by atoms with Gasteiger partial charge in [0.2, 0.25) is 15.9 Å². The molecule has 2 unspecified atom stereocenters. The first-order valence-corrected chi connectivity index (χ1v) is 10.3. The van der Waals surface area contributed by atoms with Crippen molar-refractivity contribution in [3.05, 3.63) is 24.3 Å². The Balaban J connectivity index is 2.00. The molecule has 1 N–H and O–H groups in total. The van der Waals surface area contributed by atoms with Gasteiger partial charge in [0.15, 0.2) is 0 Å². The number of ether oxygens (including phenoxy) is 2. The maximum absolute atomic E-state index is 13.0. The van der Waals surface area contributed by atoms with Gasteiger partial charge in [-0.2, -0.15) is 4.31 Å². The molecule has 0 radical (unpaired) electrons. The highest BCUT2D eigenvalue weighted by Gasteiger charge is 2.35. The van der Waals surface area contributed by atoms with E-state index in [1.807, 2.05) is 13.8 Å². The molecule has 1 aromatic carbocycles. The molecule has 1 aromatic rings. The predicted octanol–water partition coefficient (Wildman–Crippen LogP) is 2.24. The van der Waals surface area contributed by atoms with E-state index in [1.165, 1.54) is 12.1 Å². The van der Waals surface area contributed by atoms with Crippen LogP contribution in [0.15, 0.2) is 29.2 Å². The number of methoxy groups -OCH3 is 1. The van der Waals surface area contributed by atoms with E-state index in [4.69, 9.17) is 9.47 Å². The molecule has 2 atom stereocenters. The highest BCUT2D eigenvalue weighted by Crippen LogP contribution is 2.29. The largest absolute Gasteiger partial charge is 0.382 e. The smallest absolute Gasteiger partial charge is 0.250 e. The molecule has 7 nitrogen and oxygen atoms in total. The predicted molar refractivity (Wildman–Crippen MR) is 99.6 cm³/mol. The van der Waals surface area contributed by atoms with Gasteiger partial charge in [0, 0.05) is 24.9 Å². The van der Waals surface area contributed by atoms with Crippen LogP contribution in [-0.4, -0.2) is 57.6 Å². The maximum atomic E-state index is 13.0. The van der Waals surface area contributed by atoms with Crippen molar-refractivity contribution in [3.8, 4) is 0 Å². The Bertz CT molecular complexity index is 680. The average molecular weight is 384 g/mol. The number of hydrogen-bond acceptors (Lipinski definition) is 5. The molecule has 2 rings (SSSR count). The Kier molecular flexibility index (Phi) is 7.57. The molecule has 1 fully saturated rings. The molecule has 1 aliphatic rings. The van der Waals surface area contributed by atoms with Crippen LogP contribution in [0.4, 0.5) is 5.69 Å². The number of carbonyl (C=O) groups is 1. The van der Waals surface area contributed by atoms with Gasteiger partial charge in [0.05, 0.1) is 18.1 Å². The first kappa shape index (κ1) is 20.8. The molecular formula is C18H28N2O5S. The number of amides is 1. The summed E-state index contributed by atoms with van der Waals surface area (Å²) < 4.78 is 37.5. The van der Waals surface area contributed by atoms with E-state index >= 15 is 0 Å². The summed E-state index contributed by atoms with van der Waals surface area (Å²) in [5.41, 5.74) is 0.532. The van der Waals surface area contributed by atoms with Gasteiger partial charge in [-0.05, 0) is 51.0 Å². The van der Waals surface area contributed by atoms with E-state index in [0.717, 1.165) is 19.3 Å². The molecule has 0 aromatic heterocycles. The van der Waals surface area contributed by atoms with Gasteiger partial charge in [0.25, 0.3) is 0 Å². The second-order valence-corrected chi connectivity index (χ2v) is 8.43. The van der Waals surface area contributed by atoms with Gasteiger partial charge in [-0.25, -0.2) is 8.42 Å². The topological polar surface area (TPSA) is 84.9 Å². The first-order valence-electron chi connectivity index (χ1n) is 8.86. The molecule has 0 aliphatic carbocycles. The van der Waals surface area contributed by atoms with Gasteiger partial charge in [-0.1, -0.05) is 6.42 Å². The minimum atomic E-state index is -3.54. The SMILES string of the molecule is COCCOCC(=O)Nc1ccc(S(=O)(=O)N2C(C)CCCC2C)cc1. The van der Waals surface area contributed by atoms with E-state index in [-0.39, 0.29) is 29.5 Å². The number of sulfonamides is 1. The zero-order valence-electron chi connectivity index (χ0n) is 15.6. The number of carbonyl (C=O) groups excluding carboxylic acids is 1. The van der Waals surface area contributed by atoms with E-state index in [2.05, 4.69) is 5.32 Å². The molecule has 0 bridgehead atoms. The lowest BCUT2D eigenvalue weighted by Crippen LogP contribution is -2.47. The molecule has 1 heterocycles. The summed E-state index contributed by atoms with van der Waals surface area (Å²) >= 11 is 0. The summed E-state index contributed by atoms with van der Waals surface area (Å²) in [4.78, 5) is 12.0. The van der Waals surface area contributed by atoms with Gasteiger partial charge in [-0.3, -0.25) is 4.79 Å². The summed E-state index contributed by atoms with van der Waals surface area (Å²) in [6.07, 6.45) is 2.80. The zero-order valence-corrected chi connectivity index (χ0v) is 16.4. The van der Waals surface area contributed by atoms with E-state index in [0.29, 0.717) is 18.9 Å². The van der Waals surface area contributed by atoms with E-state index in [1.54, 1.807) is 23.5 Å². The van der Waals surface area contributed by atoms with Crippen LogP contribution in [0.1, 0.15) is 33.1 Å². The number of nitrogens with one attached hydrogen (secondary N) is 1.